The van der Waals surface area contributed by atoms with Gasteiger partial charge in [0, 0.05) is 21.5 Å². The van der Waals surface area contributed by atoms with Crippen molar-refractivity contribution < 1.29 is 8.83 Å². The average molecular weight is 713 g/mol. The standard InChI is InChI=1S/C54H32O2/c1-2-11-33(12-3-1)38-16-8-13-34-23-24-37(31-45(34)38)54-43-19-9-17-39(35-25-27-52-48(29-35)41-14-4-6-21-50(41)55-52)46(43)32-47-40(18-10-20-44(47)54)36-26-28-53-49(30-36)42-15-5-7-22-51(42)56-53/h1-32H. The van der Waals surface area contributed by atoms with Crippen LogP contribution in [0.3, 0.4) is 0 Å². The van der Waals surface area contributed by atoms with E-state index < -0.39 is 0 Å². The number of hydrogen-bond donors (Lipinski definition) is 0. The van der Waals surface area contributed by atoms with Crippen molar-refractivity contribution in [3.63, 3.8) is 0 Å². The summed E-state index contributed by atoms with van der Waals surface area (Å²) >= 11 is 0. The summed E-state index contributed by atoms with van der Waals surface area (Å²) in [6.45, 7) is 0. The summed E-state index contributed by atoms with van der Waals surface area (Å²) in [4.78, 5) is 0. The van der Waals surface area contributed by atoms with Gasteiger partial charge < -0.3 is 8.83 Å². The summed E-state index contributed by atoms with van der Waals surface area (Å²) < 4.78 is 12.5. The van der Waals surface area contributed by atoms with E-state index in [-0.39, 0.29) is 0 Å². The van der Waals surface area contributed by atoms with Crippen LogP contribution in [0.1, 0.15) is 0 Å². The van der Waals surface area contributed by atoms with E-state index in [1.54, 1.807) is 0 Å². The van der Waals surface area contributed by atoms with Crippen LogP contribution in [0.5, 0.6) is 0 Å². The van der Waals surface area contributed by atoms with Gasteiger partial charge in [0.1, 0.15) is 22.3 Å². The molecule has 10 aromatic carbocycles. The lowest BCUT2D eigenvalue weighted by Crippen LogP contribution is -1.91. The van der Waals surface area contributed by atoms with Crippen molar-refractivity contribution in [3.05, 3.63) is 194 Å². The van der Waals surface area contributed by atoms with E-state index in [4.69, 9.17) is 8.83 Å². The fourth-order valence-electron chi connectivity index (χ4n) is 9.07. The summed E-state index contributed by atoms with van der Waals surface area (Å²) in [5.41, 5.74) is 13.2. The van der Waals surface area contributed by atoms with E-state index in [9.17, 15) is 0 Å². The Morgan fingerprint density at radius 3 is 1.30 bits per heavy atom. The van der Waals surface area contributed by atoms with Crippen LogP contribution in [0.15, 0.2) is 203 Å². The SMILES string of the molecule is c1ccc(-c2cccc3ccc(-c4c5cccc(-c6ccc7oc8ccccc8c7c6)c5cc5c(-c6ccc7oc8ccccc8c7c6)cccc45)cc23)cc1. The van der Waals surface area contributed by atoms with Crippen LogP contribution in [0.4, 0.5) is 0 Å². The van der Waals surface area contributed by atoms with E-state index in [2.05, 4.69) is 170 Å². The molecule has 260 valence electrons. The summed E-state index contributed by atoms with van der Waals surface area (Å²) in [5.74, 6) is 0. The molecular formula is C54H32O2. The van der Waals surface area contributed by atoms with Gasteiger partial charge in [-0.2, -0.15) is 0 Å². The monoisotopic (exact) mass is 712 g/mol. The van der Waals surface area contributed by atoms with Crippen LogP contribution in [-0.4, -0.2) is 0 Å². The quantitative estimate of drug-likeness (QED) is 0.170. The van der Waals surface area contributed by atoms with Crippen molar-refractivity contribution in [2.45, 2.75) is 0 Å². The molecule has 0 spiro atoms. The Labute approximate surface area is 322 Å². The zero-order valence-corrected chi connectivity index (χ0v) is 30.3. The van der Waals surface area contributed by atoms with Crippen molar-refractivity contribution in [1.82, 2.24) is 0 Å². The van der Waals surface area contributed by atoms with Gasteiger partial charge in [0.05, 0.1) is 0 Å². The molecule has 12 aromatic rings. The van der Waals surface area contributed by atoms with E-state index in [1.165, 1.54) is 65.7 Å². The van der Waals surface area contributed by atoms with E-state index >= 15 is 0 Å². The van der Waals surface area contributed by atoms with Gasteiger partial charge in [0.2, 0.25) is 0 Å². The summed E-state index contributed by atoms with van der Waals surface area (Å²) in [6, 6.07) is 70.1. The van der Waals surface area contributed by atoms with Crippen molar-refractivity contribution in [3.8, 4) is 44.5 Å². The Kier molecular flexibility index (Phi) is 6.66. The summed E-state index contributed by atoms with van der Waals surface area (Å²) in [6.07, 6.45) is 0. The summed E-state index contributed by atoms with van der Waals surface area (Å²) in [5, 5.41) is 11.8. The minimum absolute atomic E-state index is 0.899. The number of rotatable bonds is 4. The highest BCUT2D eigenvalue weighted by Crippen LogP contribution is 2.45. The molecule has 2 heterocycles. The van der Waals surface area contributed by atoms with Gasteiger partial charge in [-0.05, 0) is 125 Å². The molecule has 12 rings (SSSR count). The summed E-state index contributed by atoms with van der Waals surface area (Å²) in [7, 11) is 0. The number of benzene rings is 10. The normalized spacial score (nSPS) is 11.9. The Hall–Kier alpha value is -7.42. The molecule has 0 aliphatic rings. The highest BCUT2D eigenvalue weighted by atomic mass is 16.3. The predicted molar refractivity (Wildman–Crippen MR) is 235 cm³/mol. The van der Waals surface area contributed by atoms with Crippen LogP contribution in [0.25, 0.3) is 121 Å². The first-order chi connectivity index (χ1) is 27.7. The predicted octanol–water partition coefficient (Wildman–Crippen LogP) is 15.6. The van der Waals surface area contributed by atoms with Crippen molar-refractivity contribution in [1.29, 1.82) is 0 Å². The average Bonchev–Trinajstić information content (AvgIpc) is 3.83. The maximum absolute atomic E-state index is 6.25. The third-order valence-electron chi connectivity index (χ3n) is 11.7. The molecule has 0 unspecified atom stereocenters. The largest absolute Gasteiger partial charge is 0.456 e. The topological polar surface area (TPSA) is 26.3 Å². The molecule has 2 aromatic heterocycles. The number of fused-ring (bicyclic) bond motifs is 9. The lowest BCUT2D eigenvalue weighted by atomic mass is 9.85. The molecule has 56 heavy (non-hydrogen) atoms. The Balaban J connectivity index is 1.17. The second-order valence-corrected chi connectivity index (χ2v) is 14.8. The first-order valence-electron chi connectivity index (χ1n) is 19.2. The molecule has 0 saturated heterocycles. The van der Waals surface area contributed by atoms with Gasteiger partial charge in [-0.15, -0.1) is 0 Å². The van der Waals surface area contributed by atoms with Crippen molar-refractivity contribution >= 4 is 76.2 Å². The fourth-order valence-corrected chi connectivity index (χ4v) is 9.07. The Morgan fingerprint density at radius 2 is 0.696 bits per heavy atom. The van der Waals surface area contributed by atoms with Gasteiger partial charge in [-0.25, -0.2) is 0 Å². The zero-order chi connectivity index (χ0) is 36.7. The van der Waals surface area contributed by atoms with E-state index in [0.29, 0.717) is 0 Å². The third kappa shape index (κ3) is 4.69. The maximum atomic E-state index is 6.25. The van der Waals surface area contributed by atoms with Crippen LogP contribution in [0, 0.1) is 0 Å². The maximum Gasteiger partial charge on any atom is 0.135 e. The second kappa shape index (κ2) is 12.0. The Bertz CT molecular complexity index is 3360. The highest BCUT2D eigenvalue weighted by molar-refractivity contribution is 6.20. The van der Waals surface area contributed by atoms with Gasteiger partial charge >= 0.3 is 0 Å². The lowest BCUT2D eigenvalue weighted by Gasteiger charge is -2.18. The van der Waals surface area contributed by atoms with Crippen LogP contribution < -0.4 is 0 Å². The molecule has 0 fully saturated rings. The molecule has 2 heteroatoms. The van der Waals surface area contributed by atoms with Gasteiger partial charge in [-0.1, -0.05) is 146 Å². The van der Waals surface area contributed by atoms with Gasteiger partial charge in [-0.3, -0.25) is 0 Å². The molecule has 0 bridgehead atoms. The van der Waals surface area contributed by atoms with Crippen LogP contribution in [0.2, 0.25) is 0 Å². The smallest absolute Gasteiger partial charge is 0.135 e. The van der Waals surface area contributed by atoms with Gasteiger partial charge in [0.25, 0.3) is 0 Å². The second-order valence-electron chi connectivity index (χ2n) is 14.8. The minimum atomic E-state index is 0.899. The van der Waals surface area contributed by atoms with Crippen molar-refractivity contribution in [2.75, 3.05) is 0 Å². The first-order valence-corrected chi connectivity index (χ1v) is 19.2. The number of furan rings is 2. The third-order valence-corrected chi connectivity index (χ3v) is 11.7. The molecular weight excluding hydrogens is 681 g/mol. The minimum Gasteiger partial charge on any atom is -0.456 e. The fraction of sp³-hybridized carbons (Fsp3) is 0. The molecule has 0 amide bonds. The van der Waals surface area contributed by atoms with Crippen molar-refractivity contribution in [2.24, 2.45) is 0 Å². The van der Waals surface area contributed by atoms with Gasteiger partial charge in [0.15, 0.2) is 0 Å². The first kappa shape index (κ1) is 31.0. The molecule has 2 nitrogen and oxygen atoms in total. The zero-order valence-electron chi connectivity index (χ0n) is 30.3. The molecule has 0 N–H and O–H groups in total. The van der Waals surface area contributed by atoms with E-state index in [1.807, 2.05) is 24.3 Å². The molecule has 0 radical (unpaired) electrons. The lowest BCUT2D eigenvalue weighted by molar-refractivity contribution is 0.668. The molecule has 0 aliphatic carbocycles. The van der Waals surface area contributed by atoms with Crippen LogP contribution in [-0.2, 0) is 0 Å². The molecule has 0 saturated carbocycles. The van der Waals surface area contributed by atoms with Crippen LogP contribution >= 0.6 is 0 Å². The molecule has 0 atom stereocenters. The number of hydrogen-bond acceptors (Lipinski definition) is 2. The molecule has 0 aliphatic heterocycles. The van der Waals surface area contributed by atoms with E-state index in [0.717, 1.165) is 55.0 Å². The highest BCUT2D eigenvalue weighted by Gasteiger charge is 2.19. The number of para-hydroxylation sites is 2. The Morgan fingerprint density at radius 1 is 0.232 bits per heavy atom.